The maximum Gasteiger partial charge on any atom is 0.184 e. The first-order valence-electron chi connectivity index (χ1n) is 4.94. The Morgan fingerprint density at radius 3 is 2.00 bits per heavy atom. The number of ether oxygens (including phenoxy) is 2. The Hall–Kier alpha value is -0.240. The number of hydrogen-bond donors (Lipinski definition) is 4. The second-order valence-corrected chi connectivity index (χ2v) is 2.99. The summed E-state index contributed by atoms with van der Waals surface area (Å²) in [5, 5.41) is 36.7. The molecule has 0 aliphatic carbocycles. The molecular weight excluding hydrogens is 204 g/mol. The molecule has 1 heterocycles. The van der Waals surface area contributed by atoms with E-state index in [9.17, 15) is 10.2 Å². The van der Waals surface area contributed by atoms with Gasteiger partial charge in [0.05, 0.1) is 6.61 Å². The van der Waals surface area contributed by atoms with Crippen LogP contribution in [0.3, 0.4) is 0 Å². The Morgan fingerprint density at radius 2 is 1.53 bits per heavy atom. The van der Waals surface area contributed by atoms with Crippen molar-refractivity contribution in [1.82, 2.24) is 0 Å². The van der Waals surface area contributed by atoms with Crippen molar-refractivity contribution in [3.8, 4) is 0 Å². The molecule has 0 spiro atoms. The minimum Gasteiger partial charge on any atom is -0.387 e. The van der Waals surface area contributed by atoms with Crippen LogP contribution in [0.15, 0.2) is 0 Å². The van der Waals surface area contributed by atoms with Crippen LogP contribution in [0.4, 0.5) is 0 Å². The standard InChI is InChI=1S/C7H14O6.C2H6/c1-12-2-3-4(8)5(9)6(10)7(11)13-3;1-2/h3-11H,2H2,1H3;1-2H3/t3?,4-,5?,6-,7?;/m1./s1. The van der Waals surface area contributed by atoms with Crippen molar-refractivity contribution in [1.29, 1.82) is 0 Å². The van der Waals surface area contributed by atoms with E-state index in [1.807, 2.05) is 13.8 Å². The summed E-state index contributed by atoms with van der Waals surface area (Å²) in [6, 6.07) is 0. The molecule has 92 valence electrons. The monoisotopic (exact) mass is 224 g/mol. The molecule has 6 nitrogen and oxygen atoms in total. The van der Waals surface area contributed by atoms with Crippen molar-refractivity contribution in [2.75, 3.05) is 13.7 Å². The van der Waals surface area contributed by atoms with E-state index in [1.54, 1.807) is 0 Å². The van der Waals surface area contributed by atoms with E-state index in [2.05, 4.69) is 0 Å². The highest BCUT2D eigenvalue weighted by molar-refractivity contribution is 4.88. The molecule has 1 aliphatic rings. The molecule has 3 unspecified atom stereocenters. The Kier molecular flexibility index (Phi) is 6.99. The SMILES string of the molecule is CC.COCC1OC(O)[C@H](O)C(O)[C@@H]1O. The topological polar surface area (TPSA) is 99.4 Å². The quantitative estimate of drug-likeness (QED) is 0.453. The van der Waals surface area contributed by atoms with Gasteiger partial charge in [0.15, 0.2) is 6.29 Å². The summed E-state index contributed by atoms with van der Waals surface area (Å²) >= 11 is 0. The predicted molar refractivity (Wildman–Crippen MR) is 52.1 cm³/mol. The van der Waals surface area contributed by atoms with Crippen LogP contribution < -0.4 is 0 Å². The van der Waals surface area contributed by atoms with Gasteiger partial charge in [-0.1, -0.05) is 13.8 Å². The normalized spacial score (nSPS) is 40.6. The van der Waals surface area contributed by atoms with Crippen molar-refractivity contribution >= 4 is 0 Å². The van der Waals surface area contributed by atoms with Crippen molar-refractivity contribution in [3.63, 3.8) is 0 Å². The van der Waals surface area contributed by atoms with Gasteiger partial charge in [0.2, 0.25) is 0 Å². The van der Waals surface area contributed by atoms with Crippen LogP contribution in [0.25, 0.3) is 0 Å². The Labute approximate surface area is 89.1 Å². The van der Waals surface area contributed by atoms with Gasteiger partial charge in [0.25, 0.3) is 0 Å². The summed E-state index contributed by atoms with van der Waals surface area (Å²) in [6.07, 6.45) is -6.46. The van der Waals surface area contributed by atoms with Gasteiger partial charge < -0.3 is 29.9 Å². The first-order chi connectivity index (χ1) is 7.07. The average molecular weight is 224 g/mol. The molecule has 0 saturated carbocycles. The van der Waals surface area contributed by atoms with Gasteiger partial charge in [-0.05, 0) is 0 Å². The van der Waals surface area contributed by atoms with Crippen LogP contribution in [0, 0.1) is 0 Å². The first-order valence-corrected chi connectivity index (χ1v) is 4.94. The highest BCUT2D eigenvalue weighted by Crippen LogP contribution is 2.19. The second-order valence-electron chi connectivity index (χ2n) is 2.99. The van der Waals surface area contributed by atoms with E-state index < -0.39 is 30.7 Å². The van der Waals surface area contributed by atoms with E-state index in [4.69, 9.17) is 19.7 Å². The molecule has 0 bridgehead atoms. The third-order valence-corrected chi connectivity index (χ3v) is 2.02. The van der Waals surface area contributed by atoms with Crippen LogP contribution in [-0.2, 0) is 9.47 Å². The fraction of sp³-hybridized carbons (Fsp3) is 1.00. The Bertz CT molecular complexity index is 165. The first kappa shape index (κ1) is 14.8. The molecular formula is C9H20O6. The summed E-state index contributed by atoms with van der Waals surface area (Å²) in [6.45, 7) is 4.04. The van der Waals surface area contributed by atoms with Gasteiger partial charge in [-0.15, -0.1) is 0 Å². The highest BCUT2D eigenvalue weighted by atomic mass is 16.6. The van der Waals surface area contributed by atoms with E-state index in [-0.39, 0.29) is 6.61 Å². The molecule has 15 heavy (non-hydrogen) atoms. The molecule has 0 aromatic heterocycles. The molecule has 1 aliphatic heterocycles. The largest absolute Gasteiger partial charge is 0.387 e. The summed E-state index contributed by atoms with van der Waals surface area (Å²) < 4.78 is 9.49. The van der Waals surface area contributed by atoms with Crippen molar-refractivity contribution in [2.45, 2.75) is 44.6 Å². The van der Waals surface area contributed by atoms with Gasteiger partial charge in [-0.2, -0.15) is 0 Å². The lowest BCUT2D eigenvalue weighted by Gasteiger charge is -2.37. The minimum absolute atomic E-state index is 0.0437. The van der Waals surface area contributed by atoms with Crippen LogP contribution in [-0.4, -0.2) is 64.8 Å². The number of aliphatic hydroxyl groups excluding tert-OH is 4. The molecule has 0 amide bonds. The zero-order chi connectivity index (χ0) is 12.0. The molecule has 5 atom stereocenters. The van der Waals surface area contributed by atoms with Crippen molar-refractivity contribution in [2.24, 2.45) is 0 Å². The molecule has 0 radical (unpaired) electrons. The third kappa shape index (κ3) is 3.67. The van der Waals surface area contributed by atoms with Crippen LogP contribution in [0.5, 0.6) is 0 Å². The smallest absolute Gasteiger partial charge is 0.184 e. The number of methoxy groups -OCH3 is 1. The highest BCUT2D eigenvalue weighted by Gasteiger charge is 2.42. The molecule has 0 aromatic carbocycles. The molecule has 4 N–H and O–H groups in total. The summed E-state index contributed by atoms with van der Waals surface area (Å²) in [5.74, 6) is 0. The molecule has 1 fully saturated rings. The van der Waals surface area contributed by atoms with Crippen LogP contribution >= 0.6 is 0 Å². The summed E-state index contributed by atoms with van der Waals surface area (Å²) in [5.41, 5.74) is 0. The Morgan fingerprint density at radius 1 is 1.00 bits per heavy atom. The molecule has 6 heteroatoms. The fourth-order valence-corrected chi connectivity index (χ4v) is 1.23. The van der Waals surface area contributed by atoms with Gasteiger partial charge in [-0.25, -0.2) is 0 Å². The molecule has 1 saturated heterocycles. The van der Waals surface area contributed by atoms with E-state index >= 15 is 0 Å². The fourth-order valence-electron chi connectivity index (χ4n) is 1.23. The van der Waals surface area contributed by atoms with Gasteiger partial charge in [-0.3, -0.25) is 0 Å². The van der Waals surface area contributed by atoms with Crippen LogP contribution in [0.1, 0.15) is 13.8 Å². The maximum atomic E-state index is 9.33. The maximum absolute atomic E-state index is 9.33. The van der Waals surface area contributed by atoms with Gasteiger partial charge in [0, 0.05) is 7.11 Å². The van der Waals surface area contributed by atoms with Crippen molar-refractivity contribution in [3.05, 3.63) is 0 Å². The predicted octanol–water partition coefficient (Wildman–Crippen LogP) is -1.54. The van der Waals surface area contributed by atoms with E-state index in [1.165, 1.54) is 7.11 Å². The Balaban J connectivity index is 0.000000921. The second kappa shape index (κ2) is 7.10. The number of hydrogen-bond acceptors (Lipinski definition) is 6. The minimum atomic E-state index is -1.49. The van der Waals surface area contributed by atoms with Gasteiger partial charge in [0.1, 0.15) is 24.4 Å². The lowest BCUT2D eigenvalue weighted by molar-refractivity contribution is -0.287. The third-order valence-electron chi connectivity index (χ3n) is 2.02. The molecule has 1 rings (SSSR count). The van der Waals surface area contributed by atoms with E-state index in [0.29, 0.717) is 0 Å². The lowest BCUT2D eigenvalue weighted by Crippen LogP contribution is -2.58. The number of aliphatic hydroxyl groups is 4. The van der Waals surface area contributed by atoms with E-state index in [0.717, 1.165) is 0 Å². The zero-order valence-corrected chi connectivity index (χ0v) is 9.20. The average Bonchev–Trinajstić information content (AvgIpc) is 2.26. The van der Waals surface area contributed by atoms with Crippen LogP contribution in [0.2, 0.25) is 0 Å². The number of rotatable bonds is 2. The lowest BCUT2D eigenvalue weighted by atomic mass is 9.99. The van der Waals surface area contributed by atoms with Gasteiger partial charge >= 0.3 is 0 Å². The zero-order valence-electron chi connectivity index (χ0n) is 9.20. The summed E-state index contributed by atoms with van der Waals surface area (Å²) in [7, 11) is 1.40. The molecule has 0 aromatic rings. The van der Waals surface area contributed by atoms with Crippen molar-refractivity contribution < 1.29 is 29.9 Å². The summed E-state index contributed by atoms with van der Waals surface area (Å²) in [4.78, 5) is 0.